The molecule has 2 aliphatic heterocycles. The molecule has 2 saturated heterocycles. The number of likely N-dealkylation sites (tertiary alicyclic amines) is 2. The molecule has 0 spiro atoms. The molecule has 0 aromatic heterocycles. The Morgan fingerprint density at radius 2 is 1.58 bits per heavy atom. The molecule has 0 radical (unpaired) electrons. The molecule has 1 aliphatic carbocycles. The average Bonchev–Trinajstić information content (AvgIpc) is 3.52. The molecular weight excluding hydrogens is 530 g/mol. The minimum atomic E-state index is -0.615. The first kappa shape index (κ1) is 33.1. The predicted octanol–water partition coefficient (Wildman–Crippen LogP) is 7.88. The molecule has 0 amide bonds. The van der Waals surface area contributed by atoms with Gasteiger partial charge in [0.15, 0.2) is 0 Å². The number of aryl methyl sites for hydroxylation is 1. The Hall–Kier alpha value is -2.76. The second kappa shape index (κ2) is 17.5. The van der Waals surface area contributed by atoms with E-state index in [0.29, 0.717) is 11.8 Å². The van der Waals surface area contributed by atoms with Crippen LogP contribution in [-0.2, 0) is 11.2 Å². The second-order valence-corrected chi connectivity index (χ2v) is 12.9. The van der Waals surface area contributed by atoms with E-state index in [-0.39, 0.29) is 6.04 Å². The molecule has 1 saturated carbocycles. The van der Waals surface area contributed by atoms with Gasteiger partial charge < -0.3 is 10.0 Å². The SMILES string of the molecule is CC/C(=C(\C=NC)CCc1ccccc1)C1CCN(C)CC1.O=C(O)C(C1CCCCC1)N1CC[C@@H](c2ccccc2)C1. The Balaban J connectivity index is 0.000000197. The maximum atomic E-state index is 11.8. The summed E-state index contributed by atoms with van der Waals surface area (Å²) in [6.45, 7) is 6.58. The summed E-state index contributed by atoms with van der Waals surface area (Å²) >= 11 is 0. The molecule has 5 nitrogen and oxygen atoms in total. The van der Waals surface area contributed by atoms with Crippen LogP contribution in [0.25, 0.3) is 0 Å². The molecule has 2 aromatic rings. The molecule has 5 rings (SSSR count). The Morgan fingerprint density at radius 1 is 0.930 bits per heavy atom. The van der Waals surface area contributed by atoms with Gasteiger partial charge in [-0.2, -0.15) is 0 Å². The molecule has 3 aliphatic rings. The van der Waals surface area contributed by atoms with Crippen LogP contribution in [0.2, 0.25) is 0 Å². The number of carboxylic acids is 1. The number of allylic oxidation sites excluding steroid dienone is 2. The predicted molar refractivity (Wildman–Crippen MR) is 180 cm³/mol. The van der Waals surface area contributed by atoms with Gasteiger partial charge in [0.1, 0.15) is 6.04 Å². The molecule has 234 valence electrons. The third kappa shape index (κ3) is 9.87. The van der Waals surface area contributed by atoms with E-state index in [1.807, 2.05) is 13.1 Å². The Labute approximate surface area is 261 Å². The van der Waals surface area contributed by atoms with E-state index in [9.17, 15) is 9.90 Å². The summed E-state index contributed by atoms with van der Waals surface area (Å²) in [6, 6.07) is 21.1. The summed E-state index contributed by atoms with van der Waals surface area (Å²) in [7, 11) is 4.12. The lowest BCUT2D eigenvalue weighted by molar-refractivity contribution is -0.145. The first-order chi connectivity index (χ1) is 21.0. The smallest absolute Gasteiger partial charge is 0.321 e. The van der Waals surface area contributed by atoms with Crippen molar-refractivity contribution in [3.63, 3.8) is 0 Å². The summed E-state index contributed by atoms with van der Waals surface area (Å²) in [4.78, 5) is 20.8. The van der Waals surface area contributed by atoms with E-state index in [1.54, 1.807) is 5.57 Å². The average molecular weight is 586 g/mol. The maximum absolute atomic E-state index is 11.8. The largest absolute Gasteiger partial charge is 0.480 e. The van der Waals surface area contributed by atoms with Crippen molar-refractivity contribution in [2.75, 3.05) is 40.3 Å². The van der Waals surface area contributed by atoms with Gasteiger partial charge in [0.2, 0.25) is 0 Å². The lowest BCUT2D eigenvalue weighted by Gasteiger charge is -2.33. The number of carboxylic acid groups (broad SMARTS) is 1. The van der Waals surface area contributed by atoms with E-state index < -0.39 is 5.97 Å². The zero-order valence-electron chi connectivity index (χ0n) is 27.0. The molecule has 43 heavy (non-hydrogen) atoms. The summed E-state index contributed by atoms with van der Waals surface area (Å²) in [5.41, 5.74) is 5.90. The van der Waals surface area contributed by atoms with Crippen molar-refractivity contribution in [2.45, 2.75) is 89.5 Å². The highest BCUT2D eigenvalue weighted by Gasteiger charge is 2.38. The van der Waals surface area contributed by atoms with E-state index >= 15 is 0 Å². The number of piperidine rings is 1. The number of benzene rings is 2. The van der Waals surface area contributed by atoms with Crippen LogP contribution in [0.15, 0.2) is 76.8 Å². The number of nitrogens with zero attached hydrogens (tertiary/aromatic N) is 3. The van der Waals surface area contributed by atoms with Gasteiger partial charge in [-0.3, -0.25) is 14.7 Å². The van der Waals surface area contributed by atoms with Crippen LogP contribution in [0.4, 0.5) is 0 Å². The van der Waals surface area contributed by atoms with E-state index in [0.717, 1.165) is 57.5 Å². The maximum Gasteiger partial charge on any atom is 0.321 e. The zero-order chi connectivity index (χ0) is 30.4. The van der Waals surface area contributed by atoms with Crippen LogP contribution in [-0.4, -0.2) is 73.4 Å². The number of aliphatic carboxylic acids is 1. The van der Waals surface area contributed by atoms with Crippen LogP contribution in [0.1, 0.15) is 88.2 Å². The lowest BCUT2D eigenvalue weighted by Crippen LogP contribution is -2.45. The van der Waals surface area contributed by atoms with Crippen LogP contribution >= 0.6 is 0 Å². The number of carbonyl (C=O) groups is 1. The van der Waals surface area contributed by atoms with Gasteiger partial charge in [0.25, 0.3) is 0 Å². The van der Waals surface area contributed by atoms with Crippen molar-refractivity contribution >= 4 is 12.2 Å². The molecule has 2 heterocycles. The molecule has 1 unspecified atom stereocenters. The van der Waals surface area contributed by atoms with Gasteiger partial charge in [0.05, 0.1) is 0 Å². The molecule has 0 bridgehead atoms. The zero-order valence-corrected chi connectivity index (χ0v) is 27.0. The lowest BCUT2D eigenvalue weighted by atomic mass is 9.83. The van der Waals surface area contributed by atoms with E-state index in [1.165, 1.54) is 61.9 Å². The van der Waals surface area contributed by atoms with Gasteiger partial charge in [-0.05, 0) is 113 Å². The fourth-order valence-corrected chi connectivity index (χ4v) is 7.67. The monoisotopic (exact) mass is 585 g/mol. The van der Waals surface area contributed by atoms with Crippen molar-refractivity contribution in [1.82, 2.24) is 9.80 Å². The number of hydrogen-bond acceptors (Lipinski definition) is 4. The van der Waals surface area contributed by atoms with Crippen LogP contribution in [0, 0.1) is 11.8 Å². The molecule has 2 aromatic carbocycles. The summed E-state index contributed by atoms with van der Waals surface area (Å²) in [6.07, 6.45) is 15.0. The fourth-order valence-electron chi connectivity index (χ4n) is 7.67. The third-order valence-electron chi connectivity index (χ3n) is 10.0. The van der Waals surface area contributed by atoms with Gasteiger partial charge in [0, 0.05) is 19.8 Å². The summed E-state index contributed by atoms with van der Waals surface area (Å²) in [5, 5.41) is 9.70. The number of hydrogen-bond donors (Lipinski definition) is 1. The second-order valence-electron chi connectivity index (χ2n) is 12.9. The molecule has 1 N–H and O–H groups in total. The Morgan fingerprint density at radius 3 is 2.19 bits per heavy atom. The first-order valence-electron chi connectivity index (χ1n) is 16.9. The van der Waals surface area contributed by atoms with Gasteiger partial charge >= 0.3 is 5.97 Å². The van der Waals surface area contributed by atoms with Gasteiger partial charge in [-0.15, -0.1) is 0 Å². The summed E-state index contributed by atoms with van der Waals surface area (Å²) < 4.78 is 0. The Kier molecular flexibility index (Phi) is 13.5. The highest BCUT2D eigenvalue weighted by atomic mass is 16.4. The third-order valence-corrected chi connectivity index (χ3v) is 10.0. The Bertz CT molecular complexity index is 1150. The van der Waals surface area contributed by atoms with Crippen molar-refractivity contribution in [3.8, 4) is 0 Å². The highest BCUT2D eigenvalue weighted by Crippen LogP contribution is 2.35. The van der Waals surface area contributed by atoms with E-state index in [4.69, 9.17) is 0 Å². The minimum absolute atomic E-state index is 0.265. The van der Waals surface area contributed by atoms with Crippen LogP contribution in [0.3, 0.4) is 0 Å². The quantitative estimate of drug-likeness (QED) is 0.288. The van der Waals surface area contributed by atoms with Crippen molar-refractivity contribution in [2.24, 2.45) is 16.8 Å². The molecule has 3 fully saturated rings. The van der Waals surface area contributed by atoms with Crippen molar-refractivity contribution < 1.29 is 9.90 Å². The van der Waals surface area contributed by atoms with E-state index in [2.05, 4.69) is 89.6 Å². The number of rotatable bonds is 10. The molecular formula is C38H55N3O2. The summed E-state index contributed by atoms with van der Waals surface area (Å²) in [5.74, 6) is 0.989. The minimum Gasteiger partial charge on any atom is -0.480 e. The molecule has 2 atom stereocenters. The number of aliphatic imine (C=N–C) groups is 1. The first-order valence-corrected chi connectivity index (χ1v) is 16.9. The highest BCUT2D eigenvalue weighted by molar-refractivity contribution is 5.79. The van der Waals surface area contributed by atoms with Crippen LogP contribution in [0.5, 0.6) is 0 Å². The normalized spacial score (nSPS) is 22.2. The topological polar surface area (TPSA) is 56.1 Å². The van der Waals surface area contributed by atoms with Crippen LogP contribution < -0.4 is 0 Å². The standard InChI is InChI=1S/C20H30N2.C18H25NO2/c1-4-20(18-12-14-22(3)15-13-18)19(16-21-2)11-10-17-8-6-5-7-9-17;20-18(21)17(15-9-5-2-6-10-15)19-12-11-16(13-19)14-7-3-1-4-8-14/h5-9,16,18H,4,10-15H2,1-3H3;1,3-4,7-8,15-17H,2,5-6,9-13H2,(H,20,21)/b20-19+,21-16?;/t;16-,17?/m.1/s1. The fraction of sp³-hybridized carbons (Fsp3) is 0.579. The molecule has 5 heteroatoms. The van der Waals surface area contributed by atoms with Crippen molar-refractivity contribution in [3.05, 3.63) is 82.9 Å². The van der Waals surface area contributed by atoms with Gasteiger partial charge in [-0.25, -0.2) is 0 Å². The van der Waals surface area contributed by atoms with Gasteiger partial charge in [-0.1, -0.05) is 92.4 Å². The van der Waals surface area contributed by atoms with Crippen molar-refractivity contribution in [1.29, 1.82) is 0 Å².